The highest BCUT2D eigenvalue weighted by Gasteiger charge is 2.29. The molecule has 1 aromatic heterocycles. The standard InChI is InChI=1S/C16H18BrN3O2/c1-10-5-6-13(17)8-14(10)16(21)20-7-3-4-12(9-20)15-18-11(2)19-22-15/h5-6,8,12H,3-4,7,9H2,1-2H3. The van der Waals surface area contributed by atoms with E-state index in [0.717, 1.165) is 35.0 Å². The molecule has 3 rings (SSSR count). The van der Waals surface area contributed by atoms with Crippen molar-refractivity contribution in [2.24, 2.45) is 0 Å². The molecule has 6 heteroatoms. The van der Waals surface area contributed by atoms with E-state index in [4.69, 9.17) is 4.52 Å². The fraction of sp³-hybridized carbons (Fsp3) is 0.438. The summed E-state index contributed by atoms with van der Waals surface area (Å²) < 4.78 is 6.19. The summed E-state index contributed by atoms with van der Waals surface area (Å²) in [5.41, 5.74) is 1.74. The van der Waals surface area contributed by atoms with Gasteiger partial charge in [-0.1, -0.05) is 27.2 Å². The molecule has 1 aliphatic rings. The van der Waals surface area contributed by atoms with Crippen molar-refractivity contribution < 1.29 is 9.32 Å². The molecule has 1 saturated heterocycles. The fourth-order valence-electron chi connectivity index (χ4n) is 2.84. The van der Waals surface area contributed by atoms with Crippen molar-refractivity contribution in [3.63, 3.8) is 0 Å². The summed E-state index contributed by atoms with van der Waals surface area (Å²) in [5.74, 6) is 1.48. The third kappa shape index (κ3) is 3.06. The predicted molar refractivity (Wildman–Crippen MR) is 85.8 cm³/mol. The maximum absolute atomic E-state index is 12.8. The highest BCUT2D eigenvalue weighted by Crippen LogP contribution is 2.27. The van der Waals surface area contributed by atoms with Crippen LogP contribution >= 0.6 is 15.9 Å². The molecule has 1 atom stereocenters. The van der Waals surface area contributed by atoms with Crippen molar-refractivity contribution in [3.05, 3.63) is 45.5 Å². The fourth-order valence-corrected chi connectivity index (χ4v) is 3.20. The van der Waals surface area contributed by atoms with Crippen molar-refractivity contribution in [3.8, 4) is 0 Å². The Labute approximate surface area is 137 Å². The van der Waals surface area contributed by atoms with Crippen molar-refractivity contribution in [1.29, 1.82) is 0 Å². The maximum Gasteiger partial charge on any atom is 0.254 e. The number of halogens is 1. The SMILES string of the molecule is Cc1noc(C2CCCN(C(=O)c3cc(Br)ccc3C)C2)n1. The van der Waals surface area contributed by atoms with Crippen LogP contribution in [-0.2, 0) is 0 Å². The van der Waals surface area contributed by atoms with Gasteiger partial charge in [0.2, 0.25) is 5.89 Å². The second-order valence-electron chi connectivity index (χ2n) is 5.73. The third-order valence-electron chi connectivity index (χ3n) is 4.03. The molecule has 116 valence electrons. The van der Waals surface area contributed by atoms with Gasteiger partial charge >= 0.3 is 0 Å². The lowest BCUT2D eigenvalue weighted by Crippen LogP contribution is -2.39. The van der Waals surface area contributed by atoms with E-state index in [1.165, 1.54) is 0 Å². The van der Waals surface area contributed by atoms with Crippen LogP contribution in [0, 0.1) is 13.8 Å². The molecule has 2 heterocycles. The van der Waals surface area contributed by atoms with E-state index in [0.29, 0.717) is 18.3 Å². The Morgan fingerprint density at radius 1 is 1.41 bits per heavy atom. The molecule has 1 amide bonds. The monoisotopic (exact) mass is 363 g/mol. The van der Waals surface area contributed by atoms with Crippen molar-refractivity contribution >= 4 is 21.8 Å². The molecule has 0 bridgehead atoms. The second kappa shape index (κ2) is 6.20. The van der Waals surface area contributed by atoms with Gasteiger partial charge in [0.1, 0.15) is 0 Å². The lowest BCUT2D eigenvalue weighted by molar-refractivity contribution is 0.0695. The van der Waals surface area contributed by atoms with Gasteiger partial charge in [0.25, 0.3) is 5.91 Å². The first-order chi connectivity index (χ1) is 10.5. The number of carbonyl (C=O) groups excluding carboxylic acids is 1. The van der Waals surface area contributed by atoms with Gasteiger partial charge in [0.05, 0.1) is 5.92 Å². The Kier molecular flexibility index (Phi) is 4.29. The summed E-state index contributed by atoms with van der Waals surface area (Å²) in [5, 5.41) is 3.85. The molecule has 1 aliphatic heterocycles. The number of amides is 1. The molecule has 0 spiro atoms. The van der Waals surface area contributed by atoms with E-state index < -0.39 is 0 Å². The van der Waals surface area contributed by atoms with Crippen LogP contribution in [0.4, 0.5) is 0 Å². The molecule has 1 unspecified atom stereocenters. The lowest BCUT2D eigenvalue weighted by atomic mass is 9.96. The van der Waals surface area contributed by atoms with Crippen LogP contribution in [0.3, 0.4) is 0 Å². The minimum atomic E-state index is 0.0692. The molecule has 1 fully saturated rings. The average molecular weight is 364 g/mol. The molecule has 0 radical (unpaired) electrons. The highest BCUT2D eigenvalue weighted by molar-refractivity contribution is 9.10. The highest BCUT2D eigenvalue weighted by atomic mass is 79.9. The number of hydrogen-bond donors (Lipinski definition) is 0. The van der Waals surface area contributed by atoms with E-state index in [2.05, 4.69) is 26.1 Å². The summed E-state index contributed by atoms with van der Waals surface area (Å²) in [7, 11) is 0. The zero-order valence-electron chi connectivity index (χ0n) is 12.7. The Morgan fingerprint density at radius 2 is 2.23 bits per heavy atom. The van der Waals surface area contributed by atoms with Crippen LogP contribution in [0.25, 0.3) is 0 Å². The number of carbonyl (C=O) groups is 1. The number of likely N-dealkylation sites (tertiary alicyclic amines) is 1. The van der Waals surface area contributed by atoms with E-state index >= 15 is 0 Å². The number of piperidine rings is 1. The summed E-state index contributed by atoms with van der Waals surface area (Å²) in [6.45, 7) is 5.17. The summed E-state index contributed by atoms with van der Waals surface area (Å²) in [6.07, 6.45) is 1.92. The quantitative estimate of drug-likeness (QED) is 0.819. The molecule has 0 saturated carbocycles. The zero-order valence-corrected chi connectivity index (χ0v) is 14.3. The summed E-state index contributed by atoms with van der Waals surface area (Å²) in [6, 6.07) is 5.80. The maximum atomic E-state index is 12.8. The van der Waals surface area contributed by atoms with Gasteiger partial charge in [-0.2, -0.15) is 4.98 Å². The molecule has 2 aromatic rings. The first kappa shape index (κ1) is 15.2. The second-order valence-corrected chi connectivity index (χ2v) is 6.65. The van der Waals surface area contributed by atoms with Crippen LogP contribution in [0.15, 0.2) is 27.2 Å². The van der Waals surface area contributed by atoms with E-state index in [9.17, 15) is 4.79 Å². The van der Waals surface area contributed by atoms with E-state index in [-0.39, 0.29) is 11.8 Å². The van der Waals surface area contributed by atoms with Gasteiger partial charge in [0, 0.05) is 23.1 Å². The van der Waals surface area contributed by atoms with E-state index in [1.54, 1.807) is 0 Å². The number of rotatable bonds is 2. The Balaban J connectivity index is 1.79. The zero-order chi connectivity index (χ0) is 15.7. The van der Waals surface area contributed by atoms with Gasteiger partial charge in [-0.3, -0.25) is 4.79 Å². The number of benzene rings is 1. The van der Waals surface area contributed by atoms with Crippen LogP contribution < -0.4 is 0 Å². The topological polar surface area (TPSA) is 59.2 Å². The smallest absolute Gasteiger partial charge is 0.254 e. The number of hydrogen-bond acceptors (Lipinski definition) is 4. The van der Waals surface area contributed by atoms with Gasteiger partial charge < -0.3 is 9.42 Å². The summed E-state index contributed by atoms with van der Waals surface area (Å²) in [4.78, 5) is 19.0. The molecule has 1 aromatic carbocycles. The van der Waals surface area contributed by atoms with Gasteiger partial charge in [-0.25, -0.2) is 0 Å². The minimum Gasteiger partial charge on any atom is -0.339 e. The van der Waals surface area contributed by atoms with Crippen molar-refractivity contribution in [2.45, 2.75) is 32.6 Å². The van der Waals surface area contributed by atoms with Crippen molar-refractivity contribution in [1.82, 2.24) is 15.0 Å². The van der Waals surface area contributed by atoms with Crippen LogP contribution in [0.5, 0.6) is 0 Å². The van der Waals surface area contributed by atoms with Gasteiger partial charge in [-0.05, 0) is 44.4 Å². The van der Waals surface area contributed by atoms with Crippen LogP contribution in [0.2, 0.25) is 0 Å². The first-order valence-electron chi connectivity index (χ1n) is 7.40. The number of aromatic nitrogens is 2. The molecule has 5 nitrogen and oxygen atoms in total. The Hall–Kier alpha value is -1.69. The van der Waals surface area contributed by atoms with Gasteiger partial charge in [0.15, 0.2) is 5.82 Å². The average Bonchev–Trinajstić information content (AvgIpc) is 2.96. The molecular formula is C16H18BrN3O2. The predicted octanol–water partition coefficient (Wildman–Crippen LogP) is 3.47. The number of nitrogens with zero attached hydrogens (tertiary/aromatic N) is 3. The largest absolute Gasteiger partial charge is 0.339 e. The Bertz CT molecular complexity index is 698. The van der Waals surface area contributed by atoms with Crippen molar-refractivity contribution in [2.75, 3.05) is 13.1 Å². The first-order valence-corrected chi connectivity index (χ1v) is 8.19. The normalized spacial score (nSPS) is 18.5. The number of aryl methyl sites for hydroxylation is 2. The molecular weight excluding hydrogens is 346 g/mol. The van der Waals surface area contributed by atoms with Crippen LogP contribution in [-0.4, -0.2) is 34.0 Å². The third-order valence-corrected chi connectivity index (χ3v) is 4.52. The van der Waals surface area contributed by atoms with Crippen LogP contribution in [0.1, 0.15) is 46.4 Å². The molecule has 0 N–H and O–H groups in total. The van der Waals surface area contributed by atoms with Gasteiger partial charge in [-0.15, -0.1) is 0 Å². The molecule has 22 heavy (non-hydrogen) atoms. The molecule has 0 aliphatic carbocycles. The minimum absolute atomic E-state index is 0.0692. The van der Waals surface area contributed by atoms with E-state index in [1.807, 2.05) is 36.9 Å². The summed E-state index contributed by atoms with van der Waals surface area (Å²) >= 11 is 3.44. The Morgan fingerprint density at radius 3 is 2.95 bits per heavy atom. The lowest BCUT2D eigenvalue weighted by Gasteiger charge is -2.31.